The molecule has 152 valence electrons. The van der Waals surface area contributed by atoms with E-state index in [2.05, 4.69) is 15.3 Å². The number of fused-ring (bicyclic) bond motifs is 1. The topological polar surface area (TPSA) is 103 Å². The van der Waals surface area contributed by atoms with E-state index in [1.165, 1.54) is 28.4 Å². The third-order valence-corrected chi connectivity index (χ3v) is 6.04. The molecule has 4 aromatic rings. The fraction of sp³-hybridized carbons (Fsp3) is 0.0952. The van der Waals surface area contributed by atoms with Crippen molar-refractivity contribution in [2.75, 3.05) is 5.32 Å². The highest BCUT2D eigenvalue weighted by atomic mass is 32.2. The van der Waals surface area contributed by atoms with Gasteiger partial charge in [0.05, 0.1) is 23.8 Å². The lowest BCUT2D eigenvalue weighted by atomic mass is 10.1. The first kappa shape index (κ1) is 19.9. The molecule has 3 aromatic heterocycles. The van der Waals surface area contributed by atoms with Gasteiger partial charge in [0.15, 0.2) is 4.90 Å². The summed E-state index contributed by atoms with van der Waals surface area (Å²) in [6.07, 6.45) is 2.84. The summed E-state index contributed by atoms with van der Waals surface area (Å²) in [6, 6.07) is 12.8. The van der Waals surface area contributed by atoms with E-state index in [-0.39, 0.29) is 6.42 Å². The first-order chi connectivity index (χ1) is 14.4. The Balaban J connectivity index is 1.70. The van der Waals surface area contributed by atoms with E-state index in [0.717, 1.165) is 0 Å². The van der Waals surface area contributed by atoms with Gasteiger partial charge in [-0.15, -0.1) is 0 Å². The van der Waals surface area contributed by atoms with Crippen LogP contribution in [0.2, 0.25) is 0 Å². The molecule has 2 N–H and O–H groups in total. The van der Waals surface area contributed by atoms with Crippen LogP contribution in [0, 0.1) is 12.7 Å². The van der Waals surface area contributed by atoms with Gasteiger partial charge in [-0.2, -0.15) is 3.97 Å². The minimum atomic E-state index is -1.69. The third-order valence-electron chi connectivity index (χ3n) is 4.60. The van der Waals surface area contributed by atoms with E-state index in [1.807, 2.05) is 6.07 Å². The van der Waals surface area contributed by atoms with Gasteiger partial charge in [0, 0.05) is 17.6 Å². The number of hydrogen-bond donors (Lipinski definition) is 2. The van der Waals surface area contributed by atoms with E-state index >= 15 is 0 Å². The van der Waals surface area contributed by atoms with Crippen molar-refractivity contribution >= 4 is 39.9 Å². The Hall–Kier alpha value is -3.43. The Labute approximate surface area is 174 Å². The monoisotopic (exact) mass is 424 g/mol. The molecule has 0 amide bonds. The Morgan fingerprint density at radius 3 is 2.67 bits per heavy atom. The third kappa shape index (κ3) is 3.85. The minimum Gasteiger partial charge on any atom is -0.587 e. The van der Waals surface area contributed by atoms with Crippen LogP contribution in [-0.4, -0.2) is 29.6 Å². The van der Waals surface area contributed by atoms with Crippen LogP contribution in [0.5, 0.6) is 0 Å². The van der Waals surface area contributed by atoms with Gasteiger partial charge >= 0.3 is 5.97 Å². The molecular formula is C21H17FN4O3S. The standard InChI is InChI=1S/C21H17FN4O3S/c1-13-16(11-21(27)28)17-10-14(22)5-7-18(17)26(13)30(29)15-6-8-20(24-12-15)25-19-4-2-3-9-23-19/h2-10,12H,11H2,1H3,(H,27,28)(H,23,24,25). The van der Waals surface area contributed by atoms with Gasteiger partial charge in [-0.3, -0.25) is 4.79 Å². The summed E-state index contributed by atoms with van der Waals surface area (Å²) < 4.78 is 28.6. The van der Waals surface area contributed by atoms with Crippen molar-refractivity contribution < 1.29 is 18.8 Å². The number of nitrogens with one attached hydrogen (secondary N) is 1. The summed E-state index contributed by atoms with van der Waals surface area (Å²) in [6.45, 7) is 1.68. The van der Waals surface area contributed by atoms with Crippen LogP contribution in [0.4, 0.5) is 16.0 Å². The molecule has 30 heavy (non-hydrogen) atoms. The Bertz CT molecular complexity index is 1210. The van der Waals surface area contributed by atoms with Gasteiger partial charge in [0.25, 0.3) is 0 Å². The van der Waals surface area contributed by atoms with Crippen molar-refractivity contribution in [2.24, 2.45) is 0 Å². The molecule has 1 atom stereocenters. The van der Waals surface area contributed by atoms with Crippen molar-refractivity contribution in [1.82, 2.24) is 13.9 Å². The predicted molar refractivity (Wildman–Crippen MR) is 112 cm³/mol. The molecule has 0 aliphatic rings. The van der Waals surface area contributed by atoms with Crippen LogP contribution >= 0.6 is 0 Å². The Morgan fingerprint density at radius 2 is 2.00 bits per heavy atom. The van der Waals surface area contributed by atoms with Gasteiger partial charge in [-0.25, -0.2) is 14.4 Å². The molecule has 0 aliphatic carbocycles. The molecule has 1 unspecified atom stereocenters. The van der Waals surface area contributed by atoms with Gasteiger partial charge in [0.2, 0.25) is 0 Å². The van der Waals surface area contributed by atoms with Crippen LogP contribution < -0.4 is 5.32 Å². The van der Waals surface area contributed by atoms with Gasteiger partial charge in [-0.1, -0.05) is 6.07 Å². The lowest BCUT2D eigenvalue weighted by Gasteiger charge is -2.14. The highest BCUT2D eigenvalue weighted by molar-refractivity contribution is 7.90. The maximum absolute atomic E-state index is 13.8. The molecule has 0 aliphatic heterocycles. The van der Waals surface area contributed by atoms with Crippen molar-refractivity contribution in [1.29, 1.82) is 0 Å². The number of carbonyl (C=O) groups is 1. The number of halogens is 1. The molecule has 0 bridgehead atoms. The van der Waals surface area contributed by atoms with Gasteiger partial charge in [0.1, 0.15) is 28.8 Å². The number of anilines is 2. The molecule has 0 spiro atoms. The highest BCUT2D eigenvalue weighted by Crippen LogP contribution is 2.31. The average Bonchev–Trinajstić information content (AvgIpc) is 2.99. The van der Waals surface area contributed by atoms with Crippen LogP contribution in [-0.2, 0) is 22.6 Å². The number of aliphatic carboxylic acids is 1. The van der Waals surface area contributed by atoms with Gasteiger partial charge < -0.3 is 15.0 Å². The molecule has 0 radical (unpaired) electrons. The van der Waals surface area contributed by atoms with E-state index in [0.29, 0.717) is 38.7 Å². The summed E-state index contributed by atoms with van der Waals surface area (Å²) in [5, 5.41) is 12.7. The van der Waals surface area contributed by atoms with E-state index in [9.17, 15) is 18.8 Å². The van der Waals surface area contributed by atoms with Crippen molar-refractivity contribution in [2.45, 2.75) is 18.2 Å². The van der Waals surface area contributed by atoms with E-state index in [4.69, 9.17) is 0 Å². The van der Waals surface area contributed by atoms with Crippen LogP contribution in [0.15, 0.2) is 65.8 Å². The maximum Gasteiger partial charge on any atom is 0.307 e. The van der Waals surface area contributed by atoms with Gasteiger partial charge in [-0.05, 0) is 48.9 Å². The number of pyridine rings is 2. The van der Waals surface area contributed by atoms with Crippen molar-refractivity contribution in [3.8, 4) is 0 Å². The maximum atomic E-state index is 13.8. The normalized spacial score (nSPS) is 12.1. The summed E-state index contributed by atoms with van der Waals surface area (Å²) in [4.78, 5) is 20.2. The molecule has 3 heterocycles. The largest absolute Gasteiger partial charge is 0.587 e. The number of carboxylic acid groups (broad SMARTS) is 1. The number of aromatic nitrogens is 3. The van der Waals surface area contributed by atoms with Crippen LogP contribution in [0.3, 0.4) is 0 Å². The second-order valence-corrected chi connectivity index (χ2v) is 7.89. The number of hydrogen-bond acceptors (Lipinski definition) is 5. The number of carboxylic acids is 1. The molecular weight excluding hydrogens is 407 g/mol. The molecule has 7 nitrogen and oxygen atoms in total. The lowest BCUT2D eigenvalue weighted by molar-refractivity contribution is -0.136. The van der Waals surface area contributed by atoms with Crippen molar-refractivity contribution in [3.05, 3.63) is 78.0 Å². The first-order valence-electron chi connectivity index (χ1n) is 9.01. The average molecular weight is 424 g/mol. The number of rotatable bonds is 6. The second-order valence-electron chi connectivity index (χ2n) is 6.56. The van der Waals surface area contributed by atoms with E-state index < -0.39 is 23.1 Å². The SMILES string of the molecule is Cc1c(CC(=O)O)c2cc(F)ccc2n1[S+]([O-])c1ccc(Nc2ccccn2)nc1. The summed E-state index contributed by atoms with van der Waals surface area (Å²) in [5.74, 6) is -0.355. The molecule has 0 saturated heterocycles. The first-order valence-corrected chi connectivity index (χ1v) is 10.1. The van der Waals surface area contributed by atoms with Crippen molar-refractivity contribution in [3.63, 3.8) is 0 Å². The number of nitrogens with zero attached hydrogens (tertiary/aromatic N) is 3. The second kappa shape index (κ2) is 8.13. The van der Waals surface area contributed by atoms with Crippen LogP contribution in [0.1, 0.15) is 11.3 Å². The Morgan fingerprint density at radius 1 is 1.20 bits per heavy atom. The zero-order valence-corrected chi connectivity index (χ0v) is 16.7. The number of benzene rings is 1. The fourth-order valence-corrected chi connectivity index (χ4v) is 4.48. The summed E-state index contributed by atoms with van der Waals surface area (Å²) >= 11 is -1.69. The molecule has 9 heteroatoms. The molecule has 0 saturated carbocycles. The predicted octanol–water partition coefficient (Wildman–Crippen LogP) is 3.82. The van der Waals surface area contributed by atoms with Crippen LogP contribution in [0.25, 0.3) is 10.9 Å². The zero-order valence-electron chi connectivity index (χ0n) is 15.9. The smallest absolute Gasteiger partial charge is 0.307 e. The van der Waals surface area contributed by atoms with E-state index in [1.54, 1.807) is 37.4 Å². The molecule has 4 rings (SSSR count). The summed E-state index contributed by atoms with van der Waals surface area (Å²) in [5.41, 5.74) is 1.44. The molecule has 1 aromatic carbocycles. The lowest BCUT2D eigenvalue weighted by Crippen LogP contribution is -2.15. The Kier molecular flexibility index (Phi) is 5.39. The zero-order chi connectivity index (χ0) is 21.3. The summed E-state index contributed by atoms with van der Waals surface area (Å²) in [7, 11) is 0. The quantitative estimate of drug-likeness (QED) is 0.456. The fourth-order valence-electron chi connectivity index (χ4n) is 3.24. The minimum absolute atomic E-state index is 0.291. The molecule has 0 fully saturated rings. The highest BCUT2D eigenvalue weighted by Gasteiger charge is 2.25.